The van der Waals surface area contributed by atoms with Crippen LogP contribution in [-0.4, -0.2) is 24.8 Å². The Bertz CT molecular complexity index is 565. The van der Waals surface area contributed by atoms with E-state index in [1.165, 1.54) is 11.1 Å². The van der Waals surface area contributed by atoms with E-state index < -0.39 is 8.07 Å². The molecule has 5 atom stereocenters. The maximum absolute atomic E-state index is 10.2. The molecule has 1 aromatic carbocycles. The topological polar surface area (TPSA) is 46.2 Å². The third-order valence-corrected chi connectivity index (χ3v) is 8.70. The molecule has 3 rings (SSSR count). The molecule has 2 nitrogen and oxygen atoms in total. The number of hydrogen-bond donors (Lipinski definition) is 2. The molecule has 3 N–H and O–H groups in total. The van der Waals surface area contributed by atoms with Gasteiger partial charge < -0.3 is 10.8 Å². The maximum atomic E-state index is 10.2. The summed E-state index contributed by atoms with van der Waals surface area (Å²) in [4.78, 5) is 0. The maximum Gasteiger partial charge on any atom is 0.0564 e. The van der Waals surface area contributed by atoms with Crippen molar-refractivity contribution in [1.29, 1.82) is 0 Å². The van der Waals surface area contributed by atoms with Crippen molar-refractivity contribution >= 4 is 8.07 Å². The molecule has 2 aliphatic rings. The predicted octanol–water partition coefficient (Wildman–Crippen LogP) is 3.91. The van der Waals surface area contributed by atoms with Gasteiger partial charge in [0.15, 0.2) is 0 Å². The van der Waals surface area contributed by atoms with Crippen molar-refractivity contribution in [3.05, 3.63) is 48.0 Å². The smallest absolute Gasteiger partial charge is 0.0564 e. The van der Waals surface area contributed by atoms with Crippen molar-refractivity contribution in [1.82, 2.24) is 0 Å². The zero-order chi connectivity index (χ0) is 16.1. The van der Waals surface area contributed by atoms with Crippen LogP contribution in [0.15, 0.2) is 42.5 Å². The minimum Gasteiger partial charge on any atom is -0.393 e. The monoisotopic (exact) mass is 315 g/mol. The minimum absolute atomic E-state index is 0.243. The Balaban J connectivity index is 2.05. The van der Waals surface area contributed by atoms with Gasteiger partial charge in [-0.3, -0.25) is 0 Å². The highest BCUT2D eigenvalue weighted by Gasteiger charge is 2.55. The molecule has 2 unspecified atom stereocenters. The van der Waals surface area contributed by atoms with Crippen LogP contribution >= 0.6 is 0 Å². The summed E-state index contributed by atoms with van der Waals surface area (Å²) in [6.07, 6.45) is 2.29. The molecule has 0 heterocycles. The van der Waals surface area contributed by atoms with E-state index in [1.54, 1.807) is 0 Å². The SMILES string of the molecule is C=C1C(c2ccccc2)C([Si](C)(C)C)C[C@@]2(N)C[C@@H](O)C[C@H]12. The first-order chi connectivity index (χ1) is 10.2. The van der Waals surface area contributed by atoms with E-state index in [0.717, 1.165) is 19.3 Å². The fraction of sp³-hybridized carbons (Fsp3) is 0.579. The van der Waals surface area contributed by atoms with Gasteiger partial charge in [0.05, 0.1) is 6.10 Å². The van der Waals surface area contributed by atoms with Crippen LogP contribution in [0.2, 0.25) is 25.2 Å². The summed E-state index contributed by atoms with van der Waals surface area (Å²) in [5.41, 5.74) is 9.77. The highest BCUT2D eigenvalue weighted by atomic mass is 28.3. The van der Waals surface area contributed by atoms with Crippen LogP contribution in [-0.2, 0) is 0 Å². The standard InChI is InChI=1S/C19H29NOSi/c1-13-16-10-15(21)11-19(16,20)12-17(22(2,3)4)18(13)14-8-6-5-7-9-14/h5-9,15-18,21H,1,10-12,20H2,2-4H3/t15-,16+,17?,18?,19-/m0/s1. The summed E-state index contributed by atoms with van der Waals surface area (Å²) in [6, 6.07) is 10.8. The van der Waals surface area contributed by atoms with Crippen LogP contribution in [0, 0.1) is 5.92 Å². The Morgan fingerprint density at radius 3 is 2.41 bits per heavy atom. The second-order valence-electron chi connectivity index (χ2n) is 8.52. The Morgan fingerprint density at radius 2 is 1.82 bits per heavy atom. The third-order valence-electron chi connectivity index (χ3n) is 5.94. The van der Waals surface area contributed by atoms with E-state index in [4.69, 9.17) is 5.73 Å². The fourth-order valence-corrected chi connectivity index (χ4v) is 7.23. The van der Waals surface area contributed by atoms with E-state index in [1.807, 2.05) is 0 Å². The summed E-state index contributed by atoms with van der Waals surface area (Å²) in [7, 11) is -1.40. The van der Waals surface area contributed by atoms with Gasteiger partial charge >= 0.3 is 0 Å². The lowest BCUT2D eigenvalue weighted by molar-refractivity contribution is 0.172. The van der Waals surface area contributed by atoms with E-state index in [0.29, 0.717) is 11.5 Å². The summed E-state index contributed by atoms with van der Waals surface area (Å²) < 4.78 is 0. The van der Waals surface area contributed by atoms with E-state index in [-0.39, 0.29) is 17.6 Å². The Hall–Kier alpha value is -0.903. The van der Waals surface area contributed by atoms with Gasteiger partial charge in [0.25, 0.3) is 0 Å². The molecule has 2 fully saturated rings. The Labute approximate surface area is 135 Å². The van der Waals surface area contributed by atoms with Crippen molar-refractivity contribution < 1.29 is 5.11 Å². The number of benzene rings is 1. The molecule has 0 radical (unpaired) electrons. The van der Waals surface area contributed by atoms with Gasteiger partial charge in [-0.05, 0) is 30.4 Å². The lowest BCUT2D eigenvalue weighted by Gasteiger charge is -2.50. The van der Waals surface area contributed by atoms with Gasteiger partial charge in [0.2, 0.25) is 0 Å². The van der Waals surface area contributed by atoms with Gasteiger partial charge in [0.1, 0.15) is 0 Å². The van der Waals surface area contributed by atoms with Crippen molar-refractivity contribution in [3.8, 4) is 0 Å². The summed E-state index contributed by atoms with van der Waals surface area (Å²) >= 11 is 0. The van der Waals surface area contributed by atoms with Crippen LogP contribution in [0.5, 0.6) is 0 Å². The van der Waals surface area contributed by atoms with Crippen molar-refractivity contribution in [3.63, 3.8) is 0 Å². The second-order valence-corrected chi connectivity index (χ2v) is 14.0. The molecule has 0 amide bonds. The molecule has 2 aliphatic carbocycles. The van der Waals surface area contributed by atoms with Crippen molar-refractivity contribution in [2.24, 2.45) is 11.7 Å². The van der Waals surface area contributed by atoms with Crippen LogP contribution in [0.3, 0.4) is 0 Å². The summed E-state index contributed by atoms with van der Waals surface area (Å²) in [6.45, 7) is 11.8. The van der Waals surface area contributed by atoms with Crippen LogP contribution in [0.4, 0.5) is 0 Å². The van der Waals surface area contributed by atoms with Crippen LogP contribution < -0.4 is 5.73 Å². The first kappa shape index (κ1) is 16.0. The minimum atomic E-state index is -1.40. The first-order valence-corrected chi connectivity index (χ1v) is 12.0. The van der Waals surface area contributed by atoms with Crippen molar-refractivity contribution in [2.45, 2.75) is 62.0 Å². The molecule has 1 aromatic rings. The molecule has 0 spiro atoms. The number of rotatable bonds is 2. The lowest BCUT2D eigenvalue weighted by Crippen LogP contribution is -2.53. The van der Waals surface area contributed by atoms with Gasteiger partial charge in [0, 0.05) is 25.4 Å². The van der Waals surface area contributed by atoms with Crippen molar-refractivity contribution in [2.75, 3.05) is 0 Å². The predicted molar refractivity (Wildman–Crippen MR) is 95.7 cm³/mol. The number of aliphatic hydroxyl groups excluding tert-OH is 1. The molecule has 3 heteroatoms. The molecule has 0 aliphatic heterocycles. The molecule has 22 heavy (non-hydrogen) atoms. The average Bonchev–Trinajstić information content (AvgIpc) is 2.74. The lowest BCUT2D eigenvalue weighted by atomic mass is 9.66. The van der Waals surface area contributed by atoms with Gasteiger partial charge in [-0.25, -0.2) is 0 Å². The Kier molecular flexibility index (Phi) is 3.87. The van der Waals surface area contributed by atoms with Gasteiger partial charge in [-0.1, -0.05) is 62.1 Å². The van der Waals surface area contributed by atoms with Crippen LogP contribution in [0.25, 0.3) is 0 Å². The quantitative estimate of drug-likeness (QED) is 0.642. The normalized spacial score (nSPS) is 38.9. The fourth-order valence-electron chi connectivity index (χ4n) is 4.83. The molecule has 0 aromatic heterocycles. The highest BCUT2D eigenvalue weighted by Crippen LogP contribution is 2.58. The largest absolute Gasteiger partial charge is 0.393 e. The van der Waals surface area contributed by atoms with E-state index >= 15 is 0 Å². The number of aliphatic hydroxyl groups is 1. The second kappa shape index (κ2) is 5.33. The average molecular weight is 316 g/mol. The van der Waals surface area contributed by atoms with Gasteiger partial charge in [-0.15, -0.1) is 0 Å². The molecular formula is C19H29NOSi. The molecule has 0 bridgehead atoms. The Morgan fingerprint density at radius 1 is 1.18 bits per heavy atom. The number of hydrogen-bond acceptors (Lipinski definition) is 2. The zero-order valence-electron chi connectivity index (χ0n) is 14.0. The summed E-state index contributed by atoms with van der Waals surface area (Å²) in [5, 5.41) is 10.2. The molecular weight excluding hydrogens is 286 g/mol. The van der Waals surface area contributed by atoms with Crippen LogP contribution in [0.1, 0.15) is 30.7 Å². The summed E-state index contributed by atoms with van der Waals surface area (Å²) in [5.74, 6) is 0.667. The first-order valence-electron chi connectivity index (χ1n) is 8.43. The molecule has 0 saturated heterocycles. The molecule has 2 saturated carbocycles. The number of nitrogens with two attached hydrogens (primary N) is 1. The third kappa shape index (κ3) is 2.59. The zero-order valence-corrected chi connectivity index (χ0v) is 15.0. The van der Waals surface area contributed by atoms with Gasteiger partial charge in [-0.2, -0.15) is 0 Å². The van der Waals surface area contributed by atoms with E-state index in [9.17, 15) is 5.11 Å². The number of fused-ring (bicyclic) bond motifs is 1. The highest BCUT2D eigenvalue weighted by molar-refractivity contribution is 6.77. The van der Waals surface area contributed by atoms with E-state index in [2.05, 4.69) is 56.6 Å². The molecule has 120 valence electrons.